The summed E-state index contributed by atoms with van der Waals surface area (Å²) >= 11 is 0. The first-order valence-electron chi connectivity index (χ1n) is 5.64. The topological polar surface area (TPSA) is 24.4 Å². The van der Waals surface area contributed by atoms with E-state index in [1.54, 1.807) is 0 Å². The van der Waals surface area contributed by atoms with Gasteiger partial charge in [-0.15, -0.1) is 0 Å². The molecule has 6 heteroatoms. The second-order valence-electron chi connectivity index (χ2n) is 4.41. The predicted octanol–water partition coefficient (Wildman–Crippen LogP) is 0.763. The van der Waals surface area contributed by atoms with E-state index in [0.29, 0.717) is 0 Å². The molecule has 1 aromatic carbocycles. The van der Waals surface area contributed by atoms with Gasteiger partial charge in [0.15, 0.2) is 0 Å². The van der Waals surface area contributed by atoms with Gasteiger partial charge in [-0.2, -0.15) is 5.10 Å². The Balaban J connectivity index is 3.05. The average Bonchev–Trinajstić information content (AvgIpc) is 2.28. The molecule has 1 aromatic rings. The highest BCUT2D eigenvalue weighted by Crippen LogP contribution is 2.15. The Kier molecular flexibility index (Phi) is 4.98. The van der Waals surface area contributed by atoms with Crippen LogP contribution in [0.3, 0.4) is 0 Å². The van der Waals surface area contributed by atoms with Gasteiger partial charge < -0.3 is 0 Å². The van der Waals surface area contributed by atoms with E-state index in [4.69, 9.17) is 15.5 Å². The fourth-order valence-corrected chi connectivity index (χ4v) is 1.59. The first kappa shape index (κ1) is 14.0. The van der Waals surface area contributed by atoms with Crippen LogP contribution in [0.15, 0.2) is 17.2 Å². The SMILES string of the molecule is [B][B]B([B])c1cc(C)c(NN=C(C)C)cc1C. The molecule has 0 aromatic heterocycles. The highest BCUT2D eigenvalue weighted by Gasteiger charge is 2.11. The van der Waals surface area contributed by atoms with E-state index in [1.807, 2.05) is 39.8 Å². The molecular weight excluding hydrogens is 203 g/mol. The Labute approximate surface area is 108 Å². The monoisotopic (exact) mass is 219 g/mol. The largest absolute Gasteiger partial charge is 0.278 e. The van der Waals surface area contributed by atoms with E-state index in [1.165, 1.54) is 7.06 Å². The quantitative estimate of drug-likeness (QED) is 0.450. The Bertz CT molecular complexity index is 428. The van der Waals surface area contributed by atoms with Crippen molar-refractivity contribution in [3.05, 3.63) is 23.3 Å². The molecule has 0 atom stereocenters. The van der Waals surface area contributed by atoms with Crippen molar-refractivity contribution in [2.45, 2.75) is 27.7 Å². The molecule has 5 radical (unpaired) electrons. The summed E-state index contributed by atoms with van der Waals surface area (Å²) in [7, 11) is 12.9. The lowest BCUT2D eigenvalue weighted by Gasteiger charge is -2.15. The van der Waals surface area contributed by atoms with Crippen LogP contribution < -0.4 is 10.9 Å². The van der Waals surface area contributed by atoms with E-state index < -0.39 is 0 Å². The number of hydrogen-bond donors (Lipinski definition) is 1. The first-order chi connectivity index (χ1) is 7.95. The van der Waals surface area contributed by atoms with Gasteiger partial charge in [0.25, 0.3) is 0 Å². The minimum Gasteiger partial charge on any atom is -0.278 e. The number of nitrogens with one attached hydrogen (secondary N) is 1. The fourth-order valence-electron chi connectivity index (χ4n) is 1.59. The molecule has 0 bridgehead atoms. The minimum absolute atomic E-state index is 0.223. The van der Waals surface area contributed by atoms with Crippen molar-refractivity contribution in [3.8, 4) is 0 Å². The number of rotatable bonds is 4. The summed E-state index contributed by atoms with van der Waals surface area (Å²) in [6.45, 7) is 7.71. The molecule has 0 spiro atoms. The van der Waals surface area contributed by atoms with Crippen molar-refractivity contribution in [2.75, 3.05) is 5.43 Å². The second-order valence-corrected chi connectivity index (χ2v) is 4.41. The van der Waals surface area contributed by atoms with Gasteiger partial charge in [-0.1, -0.05) is 17.1 Å². The molecule has 0 heterocycles. The van der Waals surface area contributed by atoms with Gasteiger partial charge in [0.05, 0.1) is 12.2 Å². The van der Waals surface area contributed by atoms with E-state index in [9.17, 15) is 0 Å². The Morgan fingerprint density at radius 2 is 1.94 bits per heavy atom. The molecule has 2 nitrogen and oxygen atoms in total. The standard InChI is InChI=1S/C11H15B4N2/c1-7(2)16-17-11-6-8(3)10(5-9(11)4)15(13)14-12/h5-6,17H,1-4H3. The van der Waals surface area contributed by atoms with Crippen molar-refractivity contribution >= 4 is 45.9 Å². The van der Waals surface area contributed by atoms with Crippen LogP contribution in [0.25, 0.3) is 0 Å². The molecule has 1 N–H and O–H groups in total. The van der Waals surface area contributed by atoms with Crippen LogP contribution in [0.5, 0.6) is 0 Å². The Hall–Kier alpha value is -1.05. The molecule has 0 saturated heterocycles. The maximum absolute atomic E-state index is 5.91. The number of hydrogen-bond acceptors (Lipinski definition) is 2. The van der Waals surface area contributed by atoms with Crippen LogP contribution in [0.4, 0.5) is 5.69 Å². The van der Waals surface area contributed by atoms with Crippen molar-refractivity contribution < 1.29 is 0 Å². The highest BCUT2D eigenvalue weighted by molar-refractivity contribution is 7.50. The molecule has 81 valence electrons. The van der Waals surface area contributed by atoms with Crippen molar-refractivity contribution in [1.29, 1.82) is 0 Å². The second kappa shape index (κ2) is 6.04. The van der Waals surface area contributed by atoms with Gasteiger partial charge >= 0.3 is 0 Å². The number of anilines is 1. The molecular formula is C11H15B4N2. The van der Waals surface area contributed by atoms with Gasteiger partial charge in [-0.05, 0) is 39.3 Å². The van der Waals surface area contributed by atoms with Crippen LogP contribution in [-0.2, 0) is 0 Å². The smallest absolute Gasteiger partial charge is 0.0809 e. The van der Waals surface area contributed by atoms with Crippen LogP contribution in [0.2, 0.25) is 0 Å². The molecule has 0 amide bonds. The highest BCUT2D eigenvalue weighted by atomic mass is 15.3. The number of benzene rings is 1. The van der Waals surface area contributed by atoms with Crippen LogP contribution >= 0.6 is 0 Å². The molecule has 0 aliphatic rings. The summed E-state index contributed by atoms with van der Waals surface area (Å²) in [5, 5.41) is 4.19. The maximum atomic E-state index is 5.91. The molecule has 0 fully saturated rings. The molecule has 17 heavy (non-hydrogen) atoms. The van der Waals surface area contributed by atoms with E-state index >= 15 is 0 Å². The Morgan fingerprint density at radius 1 is 1.29 bits per heavy atom. The fraction of sp³-hybridized carbons (Fsp3) is 0.364. The Morgan fingerprint density at radius 3 is 2.47 bits per heavy atom. The molecule has 0 saturated carbocycles. The third-order valence-electron chi connectivity index (χ3n) is 2.58. The lowest BCUT2D eigenvalue weighted by molar-refractivity contribution is 1.28. The number of nitrogens with zero attached hydrogens (tertiary/aromatic N) is 1. The molecule has 0 aliphatic carbocycles. The van der Waals surface area contributed by atoms with Crippen molar-refractivity contribution in [2.24, 2.45) is 5.10 Å². The third kappa shape index (κ3) is 3.72. The van der Waals surface area contributed by atoms with Gasteiger partial charge in [-0.3, -0.25) is 5.43 Å². The van der Waals surface area contributed by atoms with Crippen molar-refractivity contribution in [1.82, 2.24) is 0 Å². The van der Waals surface area contributed by atoms with Gasteiger partial charge in [0.1, 0.15) is 0 Å². The van der Waals surface area contributed by atoms with Gasteiger partial charge in [0, 0.05) is 28.2 Å². The van der Waals surface area contributed by atoms with Crippen molar-refractivity contribution in [3.63, 3.8) is 0 Å². The zero-order valence-corrected chi connectivity index (χ0v) is 10.9. The lowest BCUT2D eigenvalue weighted by atomic mass is 9.03. The summed E-state index contributed by atoms with van der Waals surface area (Å²) in [5.41, 5.74) is 8.29. The molecule has 0 aliphatic heterocycles. The van der Waals surface area contributed by atoms with E-state index in [0.717, 1.165) is 28.0 Å². The average molecular weight is 219 g/mol. The van der Waals surface area contributed by atoms with Crippen LogP contribution in [0, 0.1) is 13.8 Å². The summed E-state index contributed by atoms with van der Waals surface area (Å²) in [5.74, 6) is 0. The zero-order valence-electron chi connectivity index (χ0n) is 10.9. The maximum Gasteiger partial charge on any atom is 0.0809 e. The van der Waals surface area contributed by atoms with Crippen LogP contribution in [-0.4, -0.2) is 34.7 Å². The summed E-state index contributed by atoms with van der Waals surface area (Å²) in [6.07, 6.45) is 0. The lowest BCUT2D eigenvalue weighted by Crippen LogP contribution is -2.39. The molecule has 0 unspecified atom stereocenters. The van der Waals surface area contributed by atoms with Crippen LogP contribution in [0.1, 0.15) is 25.0 Å². The van der Waals surface area contributed by atoms with E-state index in [2.05, 4.69) is 10.5 Å². The number of aryl methyl sites for hydroxylation is 2. The van der Waals surface area contributed by atoms with Gasteiger partial charge in [-0.25, -0.2) is 0 Å². The zero-order chi connectivity index (χ0) is 13.0. The normalized spacial score (nSPS) is 9.65. The summed E-state index contributed by atoms with van der Waals surface area (Å²) in [6, 6.07) is 4.09. The third-order valence-corrected chi connectivity index (χ3v) is 2.58. The summed E-state index contributed by atoms with van der Waals surface area (Å²) in [4.78, 5) is 0. The molecule has 1 rings (SSSR count). The minimum atomic E-state index is -0.223. The number of hydrazone groups is 1. The van der Waals surface area contributed by atoms with Gasteiger partial charge in [0.2, 0.25) is 0 Å². The summed E-state index contributed by atoms with van der Waals surface area (Å²) < 4.78 is 0. The van der Waals surface area contributed by atoms with E-state index in [-0.39, 0.29) is 6.49 Å². The predicted molar refractivity (Wildman–Crippen MR) is 81.0 cm³/mol. The first-order valence-corrected chi connectivity index (χ1v) is 5.64.